The van der Waals surface area contributed by atoms with Crippen LogP contribution in [0.25, 0.3) is 0 Å². The minimum absolute atomic E-state index is 0.0726. The summed E-state index contributed by atoms with van der Waals surface area (Å²) < 4.78 is 9.45. The van der Waals surface area contributed by atoms with Gasteiger partial charge in [0.2, 0.25) is 5.91 Å². The number of carbonyl (C=O) groups excluding carboxylic acids is 3. The highest BCUT2D eigenvalue weighted by Gasteiger charge is 2.33. The molecule has 0 atom stereocenters. The third-order valence-electron chi connectivity index (χ3n) is 5.90. The fraction of sp³-hybridized carbons (Fsp3) is 0.524. The summed E-state index contributed by atoms with van der Waals surface area (Å²) >= 11 is 0. The molecule has 2 heterocycles. The lowest BCUT2D eigenvalue weighted by Crippen LogP contribution is -2.56. The average Bonchev–Trinajstić information content (AvgIpc) is 2.78. The zero-order chi connectivity index (χ0) is 22.5. The number of nitrogens with one attached hydrogen (secondary N) is 1. The van der Waals surface area contributed by atoms with E-state index in [0.717, 1.165) is 25.9 Å². The highest BCUT2D eigenvalue weighted by molar-refractivity contribution is 6.07. The van der Waals surface area contributed by atoms with Gasteiger partial charge in [-0.25, -0.2) is 4.79 Å². The molecular weight excluding hydrogens is 402 g/mol. The quantitative estimate of drug-likeness (QED) is 0.367. The number of amides is 1. The zero-order valence-electron chi connectivity index (χ0n) is 17.9. The molecule has 2 saturated heterocycles. The van der Waals surface area contributed by atoms with Crippen LogP contribution in [0, 0.1) is 5.41 Å². The lowest BCUT2D eigenvalue weighted by atomic mass is 10.0. The molecule has 1 amide bonds. The first-order valence-corrected chi connectivity index (χ1v) is 10.2. The van der Waals surface area contributed by atoms with E-state index < -0.39 is 5.97 Å². The third-order valence-corrected chi connectivity index (χ3v) is 5.90. The van der Waals surface area contributed by atoms with Gasteiger partial charge in [0.25, 0.3) is 0 Å². The molecule has 0 unspecified atom stereocenters. The molecule has 3 N–H and O–H groups in total. The van der Waals surface area contributed by atoms with E-state index in [1.165, 1.54) is 20.3 Å². The molecule has 31 heavy (non-hydrogen) atoms. The number of nitrogens with two attached hydrogens (primary N) is 1. The molecule has 0 aromatic heterocycles. The van der Waals surface area contributed by atoms with Gasteiger partial charge in [0, 0.05) is 37.8 Å². The predicted molar refractivity (Wildman–Crippen MR) is 114 cm³/mol. The number of piperazine rings is 1. The first-order chi connectivity index (χ1) is 14.8. The third kappa shape index (κ3) is 5.20. The Balaban J connectivity index is 1.64. The number of hydrogen-bond acceptors (Lipinski definition) is 8. The Labute approximate surface area is 181 Å². The maximum atomic E-state index is 13.0. The lowest BCUT2D eigenvalue weighted by molar-refractivity contribution is -0.142. The molecule has 0 spiro atoms. The largest absolute Gasteiger partial charge is 0.468 e. The SMILES string of the molecule is COC(=O)CN1CCC(N2CCN(c3ccc(C(=O)OC)cc3C(=N)N)C(=O)C2)CC1. The van der Waals surface area contributed by atoms with Gasteiger partial charge in [-0.2, -0.15) is 0 Å². The molecule has 1 aromatic carbocycles. The summed E-state index contributed by atoms with van der Waals surface area (Å²) in [6, 6.07) is 4.99. The van der Waals surface area contributed by atoms with E-state index >= 15 is 0 Å². The monoisotopic (exact) mass is 431 g/mol. The van der Waals surface area contributed by atoms with Gasteiger partial charge in [0.15, 0.2) is 0 Å². The minimum Gasteiger partial charge on any atom is -0.468 e. The molecule has 0 saturated carbocycles. The van der Waals surface area contributed by atoms with Crippen molar-refractivity contribution in [2.45, 2.75) is 18.9 Å². The van der Waals surface area contributed by atoms with Crippen LogP contribution in [-0.4, -0.2) is 93.0 Å². The Morgan fingerprint density at radius 2 is 1.84 bits per heavy atom. The second-order valence-electron chi connectivity index (χ2n) is 7.74. The van der Waals surface area contributed by atoms with E-state index in [0.29, 0.717) is 30.9 Å². The number of benzene rings is 1. The zero-order valence-corrected chi connectivity index (χ0v) is 17.9. The molecular formula is C21H29N5O5. The van der Waals surface area contributed by atoms with Crippen molar-refractivity contribution < 1.29 is 23.9 Å². The number of ether oxygens (including phenoxy) is 2. The van der Waals surface area contributed by atoms with Crippen molar-refractivity contribution in [3.05, 3.63) is 29.3 Å². The number of likely N-dealkylation sites (tertiary alicyclic amines) is 1. The van der Waals surface area contributed by atoms with Crippen LogP contribution in [-0.2, 0) is 19.1 Å². The van der Waals surface area contributed by atoms with Gasteiger partial charge in [-0.15, -0.1) is 0 Å². The number of esters is 2. The Morgan fingerprint density at radius 3 is 2.42 bits per heavy atom. The highest BCUT2D eigenvalue weighted by atomic mass is 16.5. The molecule has 0 bridgehead atoms. The fourth-order valence-electron chi connectivity index (χ4n) is 4.18. The molecule has 3 rings (SSSR count). The fourth-order valence-corrected chi connectivity index (χ4v) is 4.18. The number of methoxy groups -OCH3 is 2. The smallest absolute Gasteiger partial charge is 0.337 e. The van der Waals surface area contributed by atoms with Crippen LogP contribution in [0.15, 0.2) is 18.2 Å². The summed E-state index contributed by atoms with van der Waals surface area (Å²) in [4.78, 5) is 42.1. The Bertz CT molecular complexity index is 866. The van der Waals surface area contributed by atoms with Crippen molar-refractivity contribution in [3.8, 4) is 0 Å². The van der Waals surface area contributed by atoms with Crippen molar-refractivity contribution in [2.75, 3.05) is 58.4 Å². The van der Waals surface area contributed by atoms with Crippen molar-refractivity contribution in [3.63, 3.8) is 0 Å². The van der Waals surface area contributed by atoms with Crippen molar-refractivity contribution >= 4 is 29.4 Å². The van der Waals surface area contributed by atoms with Gasteiger partial charge in [-0.3, -0.25) is 24.8 Å². The summed E-state index contributed by atoms with van der Waals surface area (Å²) in [5.41, 5.74) is 6.86. The second kappa shape index (κ2) is 9.88. The Morgan fingerprint density at radius 1 is 1.13 bits per heavy atom. The lowest BCUT2D eigenvalue weighted by Gasteiger charge is -2.42. The van der Waals surface area contributed by atoms with Crippen LogP contribution < -0.4 is 10.6 Å². The summed E-state index contributed by atoms with van der Waals surface area (Å²) in [7, 11) is 2.67. The summed E-state index contributed by atoms with van der Waals surface area (Å²) in [6.07, 6.45) is 1.77. The number of amidine groups is 1. The molecule has 168 valence electrons. The summed E-state index contributed by atoms with van der Waals surface area (Å²) in [5.74, 6) is -1.05. The number of nitrogen functional groups attached to an aromatic ring is 1. The number of rotatable bonds is 6. The first-order valence-electron chi connectivity index (χ1n) is 10.2. The van der Waals surface area contributed by atoms with E-state index in [-0.39, 0.29) is 35.9 Å². The van der Waals surface area contributed by atoms with Gasteiger partial charge >= 0.3 is 11.9 Å². The van der Waals surface area contributed by atoms with Gasteiger partial charge in [-0.05, 0) is 31.0 Å². The number of carbonyl (C=O) groups is 3. The Kier molecular flexibility index (Phi) is 7.24. The van der Waals surface area contributed by atoms with Gasteiger partial charge in [-0.1, -0.05) is 0 Å². The van der Waals surface area contributed by atoms with E-state index in [1.54, 1.807) is 17.0 Å². The molecule has 1 aromatic rings. The van der Waals surface area contributed by atoms with Crippen LogP contribution in [0.4, 0.5) is 5.69 Å². The van der Waals surface area contributed by atoms with Crippen LogP contribution in [0.1, 0.15) is 28.8 Å². The maximum absolute atomic E-state index is 13.0. The Hall–Kier alpha value is -2.98. The van der Waals surface area contributed by atoms with E-state index in [4.69, 9.17) is 20.6 Å². The van der Waals surface area contributed by atoms with E-state index in [1.807, 2.05) is 0 Å². The summed E-state index contributed by atoms with van der Waals surface area (Å²) in [5, 5.41) is 7.88. The first kappa shape index (κ1) is 22.7. The normalized spacial score (nSPS) is 18.6. The van der Waals surface area contributed by atoms with E-state index in [9.17, 15) is 14.4 Å². The van der Waals surface area contributed by atoms with Gasteiger partial charge in [0.1, 0.15) is 5.84 Å². The molecule has 10 heteroatoms. The van der Waals surface area contributed by atoms with Crippen LogP contribution in [0.3, 0.4) is 0 Å². The molecule has 0 aliphatic carbocycles. The molecule has 2 fully saturated rings. The maximum Gasteiger partial charge on any atom is 0.337 e. The van der Waals surface area contributed by atoms with Gasteiger partial charge in [0.05, 0.1) is 38.6 Å². The molecule has 2 aliphatic rings. The van der Waals surface area contributed by atoms with Crippen molar-refractivity contribution in [1.29, 1.82) is 5.41 Å². The van der Waals surface area contributed by atoms with Crippen molar-refractivity contribution in [2.24, 2.45) is 5.73 Å². The number of hydrogen-bond donors (Lipinski definition) is 2. The minimum atomic E-state index is -0.524. The van der Waals surface area contributed by atoms with Crippen LogP contribution in [0.2, 0.25) is 0 Å². The van der Waals surface area contributed by atoms with Gasteiger partial charge < -0.3 is 20.1 Å². The van der Waals surface area contributed by atoms with Crippen molar-refractivity contribution in [1.82, 2.24) is 9.80 Å². The number of nitrogens with zero attached hydrogens (tertiary/aromatic N) is 3. The number of piperidine rings is 1. The summed E-state index contributed by atoms with van der Waals surface area (Å²) in [6.45, 7) is 3.32. The molecule has 2 aliphatic heterocycles. The standard InChI is InChI=1S/C21H29N5O5/c1-30-19(28)13-24-7-5-15(6-8-24)25-9-10-26(18(27)12-25)17-4-3-14(21(29)31-2)11-16(17)20(22)23/h3-4,11,15H,5-10,12-13H2,1-2H3,(H3,22,23). The second-order valence-corrected chi connectivity index (χ2v) is 7.74. The average molecular weight is 431 g/mol. The number of anilines is 1. The predicted octanol–water partition coefficient (Wildman–Crippen LogP) is 0.0433. The topological polar surface area (TPSA) is 129 Å². The highest BCUT2D eigenvalue weighted by Crippen LogP contribution is 2.26. The van der Waals surface area contributed by atoms with E-state index in [2.05, 4.69) is 9.80 Å². The molecule has 10 nitrogen and oxygen atoms in total. The van der Waals surface area contributed by atoms with Crippen LogP contribution >= 0.6 is 0 Å². The van der Waals surface area contributed by atoms with Crippen LogP contribution in [0.5, 0.6) is 0 Å². The molecule has 0 radical (unpaired) electrons.